The standard InChI is InChI=1S/C48H28O2/c1-2-8-30-23-36(16-13-29(30)7-1)48-38-20-17-31(33-18-21-46-42(27-33)39-9-3-5-11-44(39)49-46)24-37(38)25-35-15-14-32(26-41(35)48)34-19-22-47-43(28-34)40-10-4-6-12-45(40)50-47/h1-28H. The fourth-order valence-electron chi connectivity index (χ4n) is 7.95. The van der Waals surface area contributed by atoms with Crippen molar-refractivity contribution in [2.24, 2.45) is 0 Å². The van der Waals surface area contributed by atoms with Crippen LogP contribution in [0.5, 0.6) is 0 Å². The van der Waals surface area contributed by atoms with Gasteiger partial charge in [-0.25, -0.2) is 0 Å². The second-order valence-corrected chi connectivity index (χ2v) is 13.3. The first kappa shape index (κ1) is 27.3. The second-order valence-electron chi connectivity index (χ2n) is 13.3. The van der Waals surface area contributed by atoms with E-state index < -0.39 is 0 Å². The molecule has 0 aliphatic carbocycles. The molecular formula is C48H28O2. The summed E-state index contributed by atoms with van der Waals surface area (Å²) in [7, 11) is 0. The number of furan rings is 2. The molecule has 2 heteroatoms. The molecule has 0 amide bonds. The molecule has 0 aliphatic heterocycles. The van der Waals surface area contributed by atoms with E-state index in [0.29, 0.717) is 0 Å². The van der Waals surface area contributed by atoms with Crippen LogP contribution in [0.1, 0.15) is 0 Å². The molecule has 0 radical (unpaired) electrons. The molecule has 11 rings (SSSR count). The summed E-state index contributed by atoms with van der Waals surface area (Å²) in [5, 5.41) is 12.0. The first-order valence-electron chi connectivity index (χ1n) is 17.1. The highest BCUT2D eigenvalue weighted by molar-refractivity contribution is 6.15. The first-order chi connectivity index (χ1) is 24.7. The molecule has 232 valence electrons. The van der Waals surface area contributed by atoms with Gasteiger partial charge in [0, 0.05) is 21.5 Å². The highest BCUT2D eigenvalue weighted by atomic mass is 16.3. The van der Waals surface area contributed by atoms with Crippen LogP contribution in [0.3, 0.4) is 0 Å². The molecule has 0 spiro atoms. The van der Waals surface area contributed by atoms with E-state index in [1.807, 2.05) is 24.3 Å². The molecule has 0 fully saturated rings. The molecule has 0 unspecified atom stereocenters. The van der Waals surface area contributed by atoms with Gasteiger partial charge in [0.15, 0.2) is 0 Å². The molecule has 0 saturated heterocycles. The monoisotopic (exact) mass is 636 g/mol. The number of fused-ring (bicyclic) bond motifs is 9. The maximum Gasteiger partial charge on any atom is 0.135 e. The van der Waals surface area contributed by atoms with Crippen molar-refractivity contribution in [1.29, 1.82) is 0 Å². The lowest BCUT2D eigenvalue weighted by atomic mass is 9.88. The summed E-state index contributed by atoms with van der Waals surface area (Å²) in [6, 6.07) is 61.3. The van der Waals surface area contributed by atoms with Gasteiger partial charge in [-0.2, -0.15) is 0 Å². The van der Waals surface area contributed by atoms with E-state index in [1.54, 1.807) is 0 Å². The topological polar surface area (TPSA) is 26.3 Å². The highest BCUT2D eigenvalue weighted by Crippen LogP contribution is 2.42. The lowest BCUT2D eigenvalue weighted by Gasteiger charge is -2.15. The van der Waals surface area contributed by atoms with Gasteiger partial charge in [0.05, 0.1) is 0 Å². The van der Waals surface area contributed by atoms with E-state index in [-0.39, 0.29) is 0 Å². The van der Waals surface area contributed by atoms with Gasteiger partial charge in [0.1, 0.15) is 22.3 Å². The molecule has 0 aliphatic rings. The summed E-state index contributed by atoms with van der Waals surface area (Å²) in [5.41, 5.74) is 10.8. The summed E-state index contributed by atoms with van der Waals surface area (Å²) >= 11 is 0. The maximum atomic E-state index is 6.15. The van der Waals surface area contributed by atoms with Crippen molar-refractivity contribution < 1.29 is 8.83 Å². The van der Waals surface area contributed by atoms with Crippen LogP contribution in [0, 0.1) is 0 Å². The molecule has 0 saturated carbocycles. The van der Waals surface area contributed by atoms with Crippen molar-refractivity contribution in [3.8, 4) is 33.4 Å². The zero-order chi connectivity index (χ0) is 32.8. The van der Waals surface area contributed by atoms with Gasteiger partial charge in [-0.1, -0.05) is 109 Å². The Morgan fingerprint density at radius 2 is 0.720 bits per heavy atom. The SMILES string of the molecule is c1ccc2cc(-c3c4ccc(-c5ccc6oc7ccccc7c6c5)cc4cc4ccc(-c5ccc6oc7ccccc7c6c5)cc34)ccc2c1. The van der Waals surface area contributed by atoms with Crippen LogP contribution in [-0.2, 0) is 0 Å². The minimum atomic E-state index is 0.912. The summed E-state index contributed by atoms with van der Waals surface area (Å²) in [5.74, 6) is 0. The molecule has 2 nitrogen and oxygen atoms in total. The van der Waals surface area contributed by atoms with E-state index in [1.165, 1.54) is 65.7 Å². The van der Waals surface area contributed by atoms with Crippen LogP contribution in [0.2, 0.25) is 0 Å². The fourth-order valence-corrected chi connectivity index (χ4v) is 7.95. The Morgan fingerprint density at radius 1 is 0.240 bits per heavy atom. The number of benzene rings is 9. The van der Waals surface area contributed by atoms with Gasteiger partial charge in [0.25, 0.3) is 0 Å². The molecule has 0 N–H and O–H groups in total. The van der Waals surface area contributed by atoms with Gasteiger partial charge in [-0.05, 0) is 126 Å². The molecule has 2 aromatic heterocycles. The van der Waals surface area contributed by atoms with Gasteiger partial charge in [-0.15, -0.1) is 0 Å². The van der Waals surface area contributed by atoms with Crippen molar-refractivity contribution in [3.63, 3.8) is 0 Å². The Hall–Kier alpha value is -6.64. The molecule has 0 atom stereocenters. The third kappa shape index (κ3) is 4.15. The normalized spacial score (nSPS) is 12.0. The third-order valence-electron chi connectivity index (χ3n) is 10.4. The van der Waals surface area contributed by atoms with Crippen molar-refractivity contribution in [3.05, 3.63) is 170 Å². The first-order valence-corrected chi connectivity index (χ1v) is 17.1. The Labute approximate surface area is 287 Å². The van der Waals surface area contributed by atoms with Crippen molar-refractivity contribution >= 4 is 76.2 Å². The Balaban J connectivity index is 1.13. The largest absolute Gasteiger partial charge is 0.456 e. The summed E-state index contributed by atoms with van der Waals surface area (Å²) in [4.78, 5) is 0. The Kier molecular flexibility index (Phi) is 5.70. The van der Waals surface area contributed by atoms with Crippen molar-refractivity contribution in [2.75, 3.05) is 0 Å². The van der Waals surface area contributed by atoms with Gasteiger partial charge in [-0.3, -0.25) is 0 Å². The molecule has 9 aromatic carbocycles. The van der Waals surface area contributed by atoms with Gasteiger partial charge < -0.3 is 8.83 Å². The van der Waals surface area contributed by atoms with Crippen molar-refractivity contribution in [2.45, 2.75) is 0 Å². The average Bonchev–Trinajstić information content (AvgIpc) is 3.74. The predicted molar refractivity (Wildman–Crippen MR) is 210 cm³/mol. The summed E-state index contributed by atoms with van der Waals surface area (Å²) in [6.45, 7) is 0. The number of hydrogen-bond donors (Lipinski definition) is 0. The van der Waals surface area contributed by atoms with Crippen LogP contribution in [0.25, 0.3) is 110 Å². The maximum absolute atomic E-state index is 6.15. The van der Waals surface area contributed by atoms with Crippen LogP contribution in [0.15, 0.2) is 179 Å². The van der Waals surface area contributed by atoms with E-state index in [0.717, 1.165) is 43.9 Å². The summed E-state index contributed by atoms with van der Waals surface area (Å²) < 4.78 is 12.3. The van der Waals surface area contributed by atoms with E-state index >= 15 is 0 Å². The second kappa shape index (κ2) is 10.4. The quantitative estimate of drug-likeness (QED) is 0.180. The number of rotatable bonds is 3. The molecule has 50 heavy (non-hydrogen) atoms. The van der Waals surface area contributed by atoms with Crippen LogP contribution < -0.4 is 0 Å². The van der Waals surface area contributed by atoms with E-state index in [2.05, 4.69) is 146 Å². The zero-order valence-electron chi connectivity index (χ0n) is 27.0. The minimum absolute atomic E-state index is 0.912. The van der Waals surface area contributed by atoms with E-state index in [4.69, 9.17) is 8.83 Å². The lowest BCUT2D eigenvalue weighted by molar-refractivity contribution is 0.668. The van der Waals surface area contributed by atoms with Crippen LogP contribution in [0.4, 0.5) is 0 Å². The molecule has 0 bridgehead atoms. The molecule has 11 aromatic rings. The number of para-hydroxylation sites is 2. The van der Waals surface area contributed by atoms with Gasteiger partial charge in [0.2, 0.25) is 0 Å². The zero-order valence-corrected chi connectivity index (χ0v) is 27.0. The molecular weight excluding hydrogens is 609 g/mol. The predicted octanol–water partition coefficient (Wildman–Crippen LogP) is 13.9. The van der Waals surface area contributed by atoms with Crippen molar-refractivity contribution in [1.82, 2.24) is 0 Å². The lowest BCUT2D eigenvalue weighted by Crippen LogP contribution is -1.89. The highest BCUT2D eigenvalue weighted by Gasteiger charge is 2.15. The minimum Gasteiger partial charge on any atom is -0.456 e. The molecule has 2 heterocycles. The number of hydrogen-bond acceptors (Lipinski definition) is 2. The fraction of sp³-hybridized carbons (Fsp3) is 0. The third-order valence-corrected chi connectivity index (χ3v) is 10.4. The Bertz CT molecular complexity index is 3160. The van der Waals surface area contributed by atoms with Gasteiger partial charge >= 0.3 is 0 Å². The van der Waals surface area contributed by atoms with E-state index in [9.17, 15) is 0 Å². The summed E-state index contributed by atoms with van der Waals surface area (Å²) in [6.07, 6.45) is 0. The van der Waals surface area contributed by atoms with Crippen LogP contribution >= 0.6 is 0 Å². The van der Waals surface area contributed by atoms with Crippen LogP contribution in [-0.4, -0.2) is 0 Å². The Morgan fingerprint density at radius 3 is 1.42 bits per heavy atom. The average molecular weight is 637 g/mol. The smallest absolute Gasteiger partial charge is 0.135 e.